The smallest absolute Gasteiger partial charge is 0.656 e. The molecule has 0 saturated heterocycles. The molecule has 0 bridgehead atoms. The number of benzene rings is 9. The first-order chi connectivity index (χ1) is 39.1. The van der Waals surface area contributed by atoms with Gasteiger partial charge in [-0.2, -0.15) is 0 Å². The Morgan fingerprint density at radius 1 is 0.481 bits per heavy atom. The van der Waals surface area contributed by atoms with E-state index < -0.39 is 0 Å². The Hall–Kier alpha value is -8.96. The third-order valence-electron chi connectivity index (χ3n) is 16.5. The summed E-state index contributed by atoms with van der Waals surface area (Å²) < 4.78 is 4.70. The molecule has 0 radical (unpaired) electrons. The van der Waals surface area contributed by atoms with Gasteiger partial charge in [-0.25, -0.2) is 9.97 Å². The molecule has 0 N–H and O–H groups in total. The van der Waals surface area contributed by atoms with Gasteiger partial charge in [0.05, 0.1) is 11.0 Å². The number of nitrogens with zero attached hydrogens (tertiary/aromatic N) is 6. The summed E-state index contributed by atoms with van der Waals surface area (Å²) >= 11 is 0. The number of rotatable bonds is 11. The Labute approximate surface area is 487 Å². The van der Waals surface area contributed by atoms with E-state index in [1.165, 1.54) is 27.6 Å². The normalized spacial score (nSPS) is 12.0. The number of aromatic nitrogens is 6. The summed E-state index contributed by atoms with van der Waals surface area (Å²) in [4.78, 5) is 21.0. The topological polar surface area (TPSA) is 62.6 Å². The molecule has 0 atom stereocenters. The van der Waals surface area contributed by atoms with Gasteiger partial charge in [-0.3, -0.25) is 9.55 Å². The third-order valence-corrected chi connectivity index (χ3v) is 16.5. The quantitative estimate of drug-likeness (QED) is 0.121. The molecule has 14 rings (SSSR count). The molecule has 0 saturated carbocycles. The van der Waals surface area contributed by atoms with Crippen LogP contribution in [0.5, 0.6) is 0 Å². The number of fused-ring (bicyclic) bond motifs is 7. The molecule has 7 heteroatoms. The molecular weight excluding hydrogens is 1170 g/mol. The summed E-state index contributed by atoms with van der Waals surface area (Å²) in [7, 11) is 0. The van der Waals surface area contributed by atoms with E-state index in [0.717, 1.165) is 117 Å². The van der Waals surface area contributed by atoms with Crippen LogP contribution in [0.25, 0.3) is 122 Å². The van der Waals surface area contributed by atoms with Crippen molar-refractivity contribution >= 4 is 54.6 Å². The average molecular weight is 1230 g/mol. The zero-order valence-corrected chi connectivity index (χ0v) is 48.4. The van der Waals surface area contributed by atoms with Crippen LogP contribution >= 0.6 is 0 Å². The fourth-order valence-corrected chi connectivity index (χ4v) is 12.3. The molecule has 0 unspecified atom stereocenters. The average Bonchev–Trinajstić information content (AvgIpc) is 4.36. The van der Waals surface area contributed by atoms with Gasteiger partial charge in [0.2, 0.25) is 0 Å². The number of hydrogen-bond acceptors (Lipinski definition) is 3. The summed E-state index contributed by atoms with van der Waals surface area (Å²) in [5, 5.41) is 4.53. The zero-order chi connectivity index (χ0) is 54.2. The summed E-state index contributed by atoms with van der Waals surface area (Å²) in [5.41, 5.74) is 21.1. The van der Waals surface area contributed by atoms with Crippen LogP contribution in [0.4, 0.5) is 0 Å². The summed E-state index contributed by atoms with van der Waals surface area (Å²) in [5.74, 6) is 2.31. The van der Waals surface area contributed by atoms with Crippen molar-refractivity contribution < 1.29 is 21.1 Å². The summed E-state index contributed by atoms with van der Waals surface area (Å²) in [6.07, 6.45) is 5.71. The van der Waals surface area contributed by atoms with Crippen LogP contribution in [-0.2, 0) is 26.5 Å². The van der Waals surface area contributed by atoms with Crippen LogP contribution in [0.1, 0.15) is 75.6 Å². The predicted octanol–water partition coefficient (Wildman–Crippen LogP) is 18.9. The first-order valence-corrected chi connectivity index (χ1v) is 27.8. The van der Waals surface area contributed by atoms with Crippen LogP contribution in [0.3, 0.4) is 0 Å². The largest absolute Gasteiger partial charge is 2.00 e. The minimum atomic E-state index is -0.282. The van der Waals surface area contributed by atoms with Gasteiger partial charge in [0.25, 0.3) is 0 Å². The van der Waals surface area contributed by atoms with Crippen molar-refractivity contribution in [2.75, 3.05) is 0 Å². The van der Waals surface area contributed by atoms with Crippen molar-refractivity contribution in [3.8, 4) is 67.4 Å². The Kier molecular flexibility index (Phi) is 13.1. The molecule has 394 valence electrons. The second-order valence-electron chi connectivity index (χ2n) is 22.4. The molecule has 0 fully saturated rings. The number of imidazole rings is 1. The van der Waals surface area contributed by atoms with E-state index in [1.807, 2.05) is 18.6 Å². The first kappa shape index (κ1) is 51.5. The molecule has 0 aliphatic heterocycles. The molecular formula is C74H58N6Pt. The summed E-state index contributed by atoms with van der Waals surface area (Å²) in [6, 6.07) is 80.6. The van der Waals surface area contributed by atoms with Crippen molar-refractivity contribution in [1.29, 1.82) is 0 Å². The second-order valence-corrected chi connectivity index (χ2v) is 22.4. The Morgan fingerprint density at radius 3 is 1.85 bits per heavy atom. The van der Waals surface area contributed by atoms with Crippen LogP contribution < -0.4 is 4.98 Å². The number of pyridine rings is 2. The number of para-hydroxylation sites is 1. The van der Waals surface area contributed by atoms with Crippen LogP contribution in [-0.4, -0.2) is 24.1 Å². The molecule has 14 aromatic rings. The Morgan fingerprint density at radius 2 is 1.12 bits per heavy atom. The van der Waals surface area contributed by atoms with E-state index in [1.54, 1.807) is 0 Å². The minimum absolute atomic E-state index is 0. The monoisotopic (exact) mass is 1230 g/mol. The number of hydrogen-bond donors (Lipinski definition) is 0. The van der Waals surface area contributed by atoms with Crippen molar-refractivity contribution in [3.05, 3.63) is 259 Å². The molecule has 9 aromatic carbocycles. The molecule has 0 aliphatic rings. The summed E-state index contributed by atoms with van der Waals surface area (Å²) in [6.45, 7) is 13.8. The predicted molar refractivity (Wildman–Crippen MR) is 332 cm³/mol. The van der Waals surface area contributed by atoms with E-state index in [0.29, 0.717) is 11.8 Å². The van der Waals surface area contributed by atoms with E-state index >= 15 is 0 Å². The van der Waals surface area contributed by atoms with Crippen molar-refractivity contribution in [3.63, 3.8) is 0 Å². The SMILES string of the molecule is CC(C)c1cc2c3ccc(-c4cc(-c5ccncc5)cc5c4nc(-c4ccc(-c6ccccc6)c6c4[n-]c4ccccc46)n5-c4ccc(-c5ccccc5)cc4)[c-]c3n(-c3cc(C(C)(C)c4ccccc4)ccn3)c2cc1C(C)C.[Pt+2]. The van der Waals surface area contributed by atoms with Crippen LogP contribution in [0.2, 0.25) is 0 Å². The second kappa shape index (κ2) is 20.6. The maximum atomic E-state index is 5.88. The fraction of sp³-hybridized carbons (Fsp3) is 0.122. The van der Waals surface area contributed by atoms with Gasteiger partial charge in [-0.15, -0.1) is 34.8 Å². The molecule has 6 nitrogen and oxygen atoms in total. The zero-order valence-electron chi connectivity index (χ0n) is 46.1. The third kappa shape index (κ3) is 8.81. The molecule has 0 aliphatic carbocycles. The Balaban J connectivity index is 0.00000618. The first-order valence-electron chi connectivity index (χ1n) is 27.8. The van der Waals surface area contributed by atoms with E-state index in [2.05, 4.69) is 274 Å². The molecule has 5 aromatic heterocycles. The van der Waals surface area contributed by atoms with Crippen LogP contribution in [0, 0.1) is 6.07 Å². The van der Waals surface area contributed by atoms with Gasteiger partial charge in [-0.05, 0) is 138 Å². The molecule has 81 heavy (non-hydrogen) atoms. The van der Waals surface area contributed by atoms with Gasteiger partial charge in [0, 0.05) is 40.8 Å². The van der Waals surface area contributed by atoms with Crippen LogP contribution in [0.15, 0.2) is 231 Å². The standard InChI is InChI=1S/C74H58N6.Pt/c1-46(2)61-44-64-58-31-28-52(41-66(58)80(67(64)45-62(61)47(3)4)69-43-55(36-39-76-69)74(5,6)54-22-14-9-15-23-54)63-40-53(50-34-37-75-38-35-50)42-68-71(63)78-73(79(68)56-29-26-49(27-30-56)48-18-10-7-11-19-48)60-33-32-57(51-20-12-8-13-21-51)70-59-24-16-17-25-65(59)77-72(60)70;/h7-40,42-47H,1-6H3;/q-2;+2. The van der Waals surface area contributed by atoms with Gasteiger partial charge in [-0.1, -0.05) is 204 Å². The molecule has 5 heterocycles. The Bertz CT molecular complexity index is 4650. The van der Waals surface area contributed by atoms with Gasteiger partial charge >= 0.3 is 21.1 Å². The van der Waals surface area contributed by atoms with E-state index in [-0.39, 0.29) is 26.5 Å². The van der Waals surface area contributed by atoms with Gasteiger partial charge in [0.1, 0.15) is 11.6 Å². The van der Waals surface area contributed by atoms with Gasteiger partial charge in [0.15, 0.2) is 0 Å². The maximum Gasteiger partial charge on any atom is 2.00 e. The van der Waals surface area contributed by atoms with E-state index in [9.17, 15) is 0 Å². The van der Waals surface area contributed by atoms with Gasteiger partial charge < -0.3 is 9.55 Å². The molecule has 0 amide bonds. The van der Waals surface area contributed by atoms with Crippen molar-refractivity contribution in [1.82, 2.24) is 29.1 Å². The minimum Gasteiger partial charge on any atom is -0.656 e. The molecule has 0 spiro atoms. The fourth-order valence-electron chi connectivity index (χ4n) is 12.3. The van der Waals surface area contributed by atoms with Crippen molar-refractivity contribution in [2.45, 2.75) is 58.8 Å². The maximum absolute atomic E-state index is 5.88. The van der Waals surface area contributed by atoms with Crippen molar-refractivity contribution in [2.24, 2.45) is 0 Å². The van der Waals surface area contributed by atoms with E-state index in [4.69, 9.17) is 15.0 Å².